The van der Waals surface area contributed by atoms with Crippen molar-refractivity contribution in [1.82, 2.24) is 19.8 Å². The number of nitrogens with zero attached hydrogens (tertiary/aromatic N) is 4. The molecule has 0 amide bonds. The summed E-state index contributed by atoms with van der Waals surface area (Å²) in [4.78, 5) is 25.7. The Kier molecular flexibility index (Phi) is 7.46. The smallest absolute Gasteiger partial charge is 0.308 e. The van der Waals surface area contributed by atoms with Gasteiger partial charge in [-0.2, -0.15) is 0 Å². The van der Waals surface area contributed by atoms with Crippen LogP contribution in [0.4, 0.5) is 0 Å². The van der Waals surface area contributed by atoms with Crippen molar-refractivity contribution in [1.29, 1.82) is 0 Å². The third-order valence-corrected chi connectivity index (χ3v) is 7.82. The fourth-order valence-electron chi connectivity index (χ4n) is 5.70. The molecule has 0 spiro atoms. The Hall–Kier alpha value is -3.07. The van der Waals surface area contributed by atoms with Gasteiger partial charge in [0.2, 0.25) is 0 Å². The number of ether oxygens (including phenoxy) is 1. The molecule has 2 aromatic heterocycles. The molecule has 190 valence electrons. The summed E-state index contributed by atoms with van der Waals surface area (Å²) in [6.07, 6.45) is 4.89. The molecular weight excluding hydrogens is 456 g/mol. The number of hydrogen-bond acceptors (Lipinski definition) is 7. The number of aromatic nitrogens is 2. The van der Waals surface area contributed by atoms with Gasteiger partial charge >= 0.3 is 5.97 Å². The van der Waals surface area contributed by atoms with Gasteiger partial charge in [-0.3, -0.25) is 24.6 Å². The minimum atomic E-state index is -0.733. The van der Waals surface area contributed by atoms with E-state index in [-0.39, 0.29) is 5.92 Å². The first-order valence-electron chi connectivity index (χ1n) is 12.7. The number of fused-ring (bicyclic) bond motifs is 1. The molecular formula is C28H34N4O4. The first-order chi connectivity index (χ1) is 17.5. The van der Waals surface area contributed by atoms with Crippen LogP contribution in [0.25, 0.3) is 10.9 Å². The molecule has 3 aromatic rings. The summed E-state index contributed by atoms with van der Waals surface area (Å²) in [5, 5.41) is 21.9. The number of pyridine rings is 2. The van der Waals surface area contributed by atoms with Gasteiger partial charge in [0, 0.05) is 50.0 Å². The lowest BCUT2D eigenvalue weighted by atomic mass is 9.80. The van der Waals surface area contributed by atoms with Crippen molar-refractivity contribution >= 4 is 16.9 Å². The van der Waals surface area contributed by atoms with Crippen molar-refractivity contribution in [3.8, 4) is 5.75 Å². The molecule has 2 aliphatic heterocycles. The standard InChI is InChI=1S/C28H34N4O4/c1-36-22-6-7-26-24(14-22)23(9-12-30-26)27(33)8-5-19-10-13-32(18-25(19)28(34)35)21-16-31(17-21)15-20-4-2-3-11-29-20/h2-4,6-7,9,11-12,14,19,21,25,27,33H,5,8,10,13,15-18H2,1H3,(H,34,35)/t19-,25+,27-/m1/s1. The highest BCUT2D eigenvalue weighted by molar-refractivity contribution is 5.83. The summed E-state index contributed by atoms with van der Waals surface area (Å²) >= 11 is 0. The van der Waals surface area contributed by atoms with E-state index in [2.05, 4.69) is 19.8 Å². The first kappa shape index (κ1) is 24.6. The van der Waals surface area contributed by atoms with Gasteiger partial charge in [-0.05, 0) is 73.7 Å². The quantitative estimate of drug-likeness (QED) is 0.471. The molecule has 8 heteroatoms. The second-order valence-corrected chi connectivity index (χ2v) is 10.0. The molecule has 0 radical (unpaired) electrons. The average Bonchev–Trinajstić information content (AvgIpc) is 2.89. The van der Waals surface area contributed by atoms with Gasteiger partial charge in [-0.1, -0.05) is 6.07 Å². The molecule has 4 heterocycles. The van der Waals surface area contributed by atoms with Gasteiger partial charge < -0.3 is 14.9 Å². The Balaban J connectivity index is 1.17. The van der Waals surface area contributed by atoms with Crippen LogP contribution in [-0.4, -0.2) is 75.3 Å². The van der Waals surface area contributed by atoms with Gasteiger partial charge in [0.25, 0.3) is 0 Å². The van der Waals surface area contributed by atoms with Crippen LogP contribution >= 0.6 is 0 Å². The molecule has 1 aromatic carbocycles. The fraction of sp³-hybridized carbons (Fsp3) is 0.464. The number of likely N-dealkylation sites (tertiary alicyclic amines) is 2. The van der Waals surface area contributed by atoms with Crippen LogP contribution in [0.5, 0.6) is 5.75 Å². The monoisotopic (exact) mass is 490 g/mol. The van der Waals surface area contributed by atoms with Gasteiger partial charge in [-0.25, -0.2) is 0 Å². The molecule has 2 saturated heterocycles. The van der Waals surface area contributed by atoms with Crippen LogP contribution in [0.2, 0.25) is 0 Å². The number of aliphatic hydroxyl groups excluding tert-OH is 1. The molecule has 0 bridgehead atoms. The van der Waals surface area contributed by atoms with Crippen LogP contribution in [0, 0.1) is 11.8 Å². The van der Waals surface area contributed by atoms with Crippen molar-refractivity contribution in [3.05, 3.63) is 66.1 Å². The molecule has 0 saturated carbocycles. The van der Waals surface area contributed by atoms with Crippen molar-refractivity contribution in [2.75, 3.05) is 33.3 Å². The predicted octanol–water partition coefficient (Wildman–Crippen LogP) is 3.36. The topological polar surface area (TPSA) is 99.0 Å². The number of carboxylic acids is 1. The van der Waals surface area contributed by atoms with E-state index in [1.165, 1.54) is 0 Å². The summed E-state index contributed by atoms with van der Waals surface area (Å²) < 4.78 is 5.35. The number of benzene rings is 1. The largest absolute Gasteiger partial charge is 0.497 e. The highest BCUT2D eigenvalue weighted by atomic mass is 16.5. The number of hydrogen-bond donors (Lipinski definition) is 2. The van der Waals surface area contributed by atoms with Crippen LogP contribution in [0.3, 0.4) is 0 Å². The number of rotatable bonds is 9. The van der Waals surface area contributed by atoms with Crippen LogP contribution in [0.1, 0.15) is 36.6 Å². The van der Waals surface area contributed by atoms with Gasteiger partial charge in [0.05, 0.1) is 30.3 Å². The molecule has 5 rings (SSSR count). The Morgan fingerprint density at radius 2 is 2.00 bits per heavy atom. The van der Waals surface area contributed by atoms with Crippen LogP contribution in [0.15, 0.2) is 54.9 Å². The maximum atomic E-state index is 12.2. The lowest BCUT2D eigenvalue weighted by Crippen LogP contribution is -2.61. The van der Waals surface area contributed by atoms with E-state index in [1.54, 1.807) is 13.3 Å². The lowest BCUT2D eigenvalue weighted by Gasteiger charge is -2.49. The van der Waals surface area contributed by atoms with Gasteiger partial charge in [0.15, 0.2) is 0 Å². The van der Waals surface area contributed by atoms with Gasteiger partial charge in [-0.15, -0.1) is 0 Å². The normalized spacial score (nSPS) is 22.3. The second-order valence-electron chi connectivity index (χ2n) is 10.0. The van der Waals surface area contributed by atoms with E-state index >= 15 is 0 Å². The molecule has 3 atom stereocenters. The highest BCUT2D eigenvalue weighted by Gasteiger charge is 2.40. The Labute approximate surface area is 211 Å². The predicted molar refractivity (Wildman–Crippen MR) is 137 cm³/mol. The number of aliphatic hydroxyl groups is 1. The summed E-state index contributed by atoms with van der Waals surface area (Å²) in [6.45, 7) is 4.22. The van der Waals surface area contributed by atoms with E-state index in [0.29, 0.717) is 25.4 Å². The Morgan fingerprint density at radius 3 is 2.75 bits per heavy atom. The minimum Gasteiger partial charge on any atom is -0.497 e. The maximum Gasteiger partial charge on any atom is 0.308 e. The Morgan fingerprint density at radius 1 is 1.14 bits per heavy atom. The zero-order chi connectivity index (χ0) is 25.1. The molecule has 8 nitrogen and oxygen atoms in total. The highest BCUT2D eigenvalue weighted by Crippen LogP contribution is 2.35. The van der Waals surface area contributed by atoms with E-state index < -0.39 is 18.0 Å². The number of piperidine rings is 1. The van der Waals surface area contributed by atoms with Gasteiger partial charge in [0.1, 0.15) is 5.75 Å². The van der Waals surface area contributed by atoms with E-state index in [0.717, 1.165) is 60.5 Å². The third kappa shape index (κ3) is 5.36. The van der Waals surface area contributed by atoms with Crippen LogP contribution in [-0.2, 0) is 11.3 Å². The van der Waals surface area contributed by atoms with Crippen molar-refractivity contribution in [2.45, 2.75) is 38.0 Å². The first-order valence-corrected chi connectivity index (χ1v) is 12.7. The summed E-state index contributed by atoms with van der Waals surface area (Å²) in [7, 11) is 1.62. The van der Waals surface area contributed by atoms with E-state index in [1.807, 2.05) is 48.7 Å². The van der Waals surface area contributed by atoms with E-state index in [4.69, 9.17) is 4.74 Å². The molecule has 0 aliphatic carbocycles. The maximum absolute atomic E-state index is 12.2. The molecule has 0 unspecified atom stereocenters. The molecule has 2 fully saturated rings. The third-order valence-electron chi connectivity index (χ3n) is 7.82. The zero-order valence-electron chi connectivity index (χ0n) is 20.7. The SMILES string of the molecule is COc1ccc2nccc([C@H](O)CC[C@@H]3CCN(C4CN(Cc5ccccn5)C4)C[C@@H]3C(=O)O)c2c1. The lowest BCUT2D eigenvalue weighted by molar-refractivity contribution is -0.147. The van der Waals surface area contributed by atoms with Crippen LogP contribution < -0.4 is 4.74 Å². The molecule has 2 aliphatic rings. The second kappa shape index (κ2) is 10.9. The molecule has 2 N–H and O–H groups in total. The number of carbonyl (C=O) groups is 1. The number of carboxylic acid groups (broad SMARTS) is 1. The summed E-state index contributed by atoms with van der Waals surface area (Å²) in [6, 6.07) is 13.9. The number of methoxy groups -OCH3 is 1. The minimum absolute atomic E-state index is 0.0562. The van der Waals surface area contributed by atoms with Crippen molar-refractivity contribution in [2.24, 2.45) is 11.8 Å². The van der Waals surface area contributed by atoms with Crippen molar-refractivity contribution in [3.63, 3.8) is 0 Å². The average molecular weight is 491 g/mol. The molecule has 36 heavy (non-hydrogen) atoms. The van der Waals surface area contributed by atoms with Crippen molar-refractivity contribution < 1.29 is 19.7 Å². The van der Waals surface area contributed by atoms with E-state index in [9.17, 15) is 15.0 Å². The Bertz CT molecular complexity index is 1180. The summed E-state index contributed by atoms with van der Waals surface area (Å²) in [5.74, 6) is -0.370. The number of aliphatic carboxylic acids is 1. The zero-order valence-corrected chi connectivity index (χ0v) is 20.7. The fourth-order valence-corrected chi connectivity index (χ4v) is 5.70. The summed E-state index contributed by atoms with van der Waals surface area (Å²) in [5.41, 5.74) is 2.68.